The molecule has 2 aromatic rings. The van der Waals surface area contributed by atoms with Crippen molar-refractivity contribution in [1.29, 1.82) is 0 Å². The Kier molecular flexibility index (Phi) is 2.61. The largest absolute Gasteiger partial charge is 0.496 e. The van der Waals surface area contributed by atoms with E-state index in [2.05, 4.69) is 48.3 Å². The normalized spacial score (nSPS) is 20.2. The third-order valence-electron chi connectivity index (χ3n) is 4.82. The fraction of sp³-hybridized carbons (Fsp3) is 0.333. The second-order valence-electron chi connectivity index (χ2n) is 5.82. The maximum atomic E-state index is 5.66. The predicted octanol–water partition coefficient (Wildman–Crippen LogP) is 3.45. The van der Waals surface area contributed by atoms with Gasteiger partial charge in [-0.1, -0.05) is 30.3 Å². The summed E-state index contributed by atoms with van der Waals surface area (Å²) in [6.07, 6.45) is 2.25. The van der Waals surface area contributed by atoms with E-state index in [4.69, 9.17) is 4.74 Å². The van der Waals surface area contributed by atoms with Crippen molar-refractivity contribution >= 4 is 0 Å². The molecule has 2 heteroatoms. The molecule has 1 aliphatic carbocycles. The molecule has 0 spiro atoms. The summed E-state index contributed by atoms with van der Waals surface area (Å²) in [6, 6.07) is 13.7. The lowest BCUT2D eigenvalue weighted by atomic mass is 9.77. The molecule has 2 nitrogen and oxygen atoms in total. The zero-order chi connectivity index (χ0) is 13.7. The van der Waals surface area contributed by atoms with Crippen molar-refractivity contribution in [3.05, 3.63) is 53.1 Å². The van der Waals surface area contributed by atoms with Gasteiger partial charge < -0.3 is 4.74 Å². The van der Waals surface area contributed by atoms with Crippen molar-refractivity contribution in [1.82, 2.24) is 4.90 Å². The van der Waals surface area contributed by atoms with Crippen molar-refractivity contribution in [2.24, 2.45) is 0 Å². The van der Waals surface area contributed by atoms with E-state index < -0.39 is 0 Å². The van der Waals surface area contributed by atoms with Gasteiger partial charge in [-0.15, -0.1) is 0 Å². The lowest BCUT2D eigenvalue weighted by Crippen LogP contribution is -2.35. The van der Waals surface area contributed by atoms with Gasteiger partial charge in [-0.3, -0.25) is 4.90 Å². The smallest absolute Gasteiger partial charge is 0.127 e. The topological polar surface area (TPSA) is 12.5 Å². The number of ether oxygens (including phenoxy) is 1. The molecule has 0 fully saturated rings. The van der Waals surface area contributed by atoms with Gasteiger partial charge in [0.15, 0.2) is 0 Å². The summed E-state index contributed by atoms with van der Waals surface area (Å²) in [6.45, 7) is 1.14. The van der Waals surface area contributed by atoms with Crippen LogP contribution in [0.2, 0.25) is 0 Å². The molecule has 0 amide bonds. The van der Waals surface area contributed by atoms with E-state index in [9.17, 15) is 0 Å². The van der Waals surface area contributed by atoms with E-state index in [0.29, 0.717) is 6.04 Å². The molecule has 0 radical (unpaired) electrons. The molecule has 0 bridgehead atoms. The van der Waals surface area contributed by atoms with Crippen LogP contribution in [-0.4, -0.2) is 25.6 Å². The molecule has 1 atom stereocenters. The standard InChI is InChI=1S/C18H19NO/c1-19-10-9-12-7-8-16(20-2)18-14-6-4-3-5-13(14)11-15(19)17(12)18/h3-8,15H,9-11H2,1-2H3/t15-/m1/s1. The minimum Gasteiger partial charge on any atom is -0.496 e. The van der Waals surface area contributed by atoms with E-state index in [-0.39, 0.29) is 0 Å². The van der Waals surface area contributed by atoms with Crippen molar-refractivity contribution in [2.45, 2.75) is 18.9 Å². The van der Waals surface area contributed by atoms with Crippen LogP contribution in [-0.2, 0) is 12.8 Å². The lowest BCUT2D eigenvalue weighted by Gasteiger charge is -2.40. The Morgan fingerprint density at radius 3 is 2.80 bits per heavy atom. The molecule has 1 aliphatic heterocycles. The summed E-state index contributed by atoms with van der Waals surface area (Å²) in [7, 11) is 4.02. The van der Waals surface area contributed by atoms with E-state index >= 15 is 0 Å². The summed E-state index contributed by atoms with van der Waals surface area (Å²) < 4.78 is 5.66. The molecule has 2 aromatic carbocycles. The SMILES string of the molecule is COc1ccc2c3c1-c1ccccc1C[C@H]3N(C)CC2. The van der Waals surface area contributed by atoms with Crippen LogP contribution >= 0.6 is 0 Å². The highest BCUT2D eigenvalue weighted by Gasteiger charge is 2.34. The van der Waals surface area contributed by atoms with Crippen LogP contribution in [0, 0.1) is 0 Å². The molecular formula is C18H19NO. The Morgan fingerprint density at radius 1 is 1.10 bits per heavy atom. The first kappa shape index (κ1) is 12.0. The Labute approximate surface area is 120 Å². The first-order valence-corrected chi connectivity index (χ1v) is 7.28. The van der Waals surface area contributed by atoms with E-state index in [0.717, 1.165) is 25.1 Å². The molecule has 0 unspecified atom stereocenters. The summed E-state index contributed by atoms with van der Waals surface area (Å²) >= 11 is 0. The third kappa shape index (κ3) is 1.55. The Balaban J connectivity index is 2.06. The van der Waals surface area contributed by atoms with Gasteiger partial charge in [0.25, 0.3) is 0 Å². The van der Waals surface area contributed by atoms with Crippen LogP contribution in [0.15, 0.2) is 36.4 Å². The van der Waals surface area contributed by atoms with Crippen molar-refractivity contribution in [3.8, 4) is 16.9 Å². The van der Waals surface area contributed by atoms with E-state index in [1.54, 1.807) is 7.11 Å². The van der Waals surface area contributed by atoms with Gasteiger partial charge in [0.2, 0.25) is 0 Å². The summed E-state index contributed by atoms with van der Waals surface area (Å²) in [5, 5.41) is 0. The Bertz CT molecular complexity index is 677. The average Bonchev–Trinajstić information content (AvgIpc) is 2.50. The zero-order valence-corrected chi connectivity index (χ0v) is 12.0. The minimum absolute atomic E-state index is 0.499. The van der Waals surface area contributed by atoms with Crippen LogP contribution in [0.3, 0.4) is 0 Å². The number of hydrogen-bond donors (Lipinski definition) is 0. The monoisotopic (exact) mass is 265 g/mol. The lowest BCUT2D eigenvalue weighted by molar-refractivity contribution is 0.227. The van der Waals surface area contributed by atoms with Crippen LogP contribution in [0.25, 0.3) is 11.1 Å². The van der Waals surface area contributed by atoms with Crippen LogP contribution in [0.5, 0.6) is 5.75 Å². The fourth-order valence-corrected chi connectivity index (χ4v) is 3.77. The number of nitrogens with zero attached hydrogens (tertiary/aromatic N) is 1. The number of fused-ring (bicyclic) bond motifs is 2. The van der Waals surface area contributed by atoms with Gasteiger partial charge in [-0.25, -0.2) is 0 Å². The summed E-state index contributed by atoms with van der Waals surface area (Å²) in [4.78, 5) is 2.49. The van der Waals surface area contributed by atoms with Crippen LogP contribution in [0.1, 0.15) is 22.7 Å². The van der Waals surface area contributed by atoms with Crippen molar-refractivity contribution < 1.29 is 4.74 Å². The highest BCUT2D eigenvalue weighted by molar-refractivity contribution is 5.80. The summed E-state index contributed by atoms with van der Waals surface area (Å²) in [5.41, 5.74) is 7.11. The zero-order valence-electron chi connectivity index (χ0n) is 12.0. The van der Waals surface area contributed by atoms with Crippen molar-refractivity contribution in [2.75, 3.05) is 20.7 Å². The molecule has 0 saturated carbocycles. The van der Waals surface area contributed by atoms with Gasteiger partial charge in [-0.05, 0) is 48.2 Å². The minimum atomic E-state index is 0.499. The molecule has 0 aromatic heterocycles. The summed E-state index contributed by atoms with van der Waals surface area (Å²) in [5.74, 6) is 1.01. The second kappa shape index (κ2) is 4.35. The molecule has 0 saturated heterocycles. The quantitative estimate of drug-likeness (QED) is 0.783. The number of rotatable bonds is 1. The van der Waals surface area contributed by atoms with Gasteiger partial charge in [-0.2, -0.15) is 0 Å². The number of hydrogen-bond acceptors (Lipinski definition) is 2. The maximum absolute atomic E-state index is 5.66. The first-order chi connectivity index (χ1) is 9.79. The van der Waals surface area contributed by atoms with E-state index in [1.165, 1.54) is 27.8 Å². The molecule has 4 rings (SSSR count). The molecule has 0 N–H and O–H groups in total. The molecule has 1 heterocycles. The maximum Gasteiger partial charge on any atom is 0.127 e. The van der Waals surface area contributed by atoms with E-state index in [1.807, 2.05) is 0 Å². The van der Waals surface area contributed by atoms with Crippen molar-refractivity contribution in [3.63, 3.8) is 0 Å². The third-order valence-corrected chi connectivity index (χ3v) is 4.82. The Hall–Kier alpha value is -1.80. The van der Waals surface area contributed by atoms with Gasteiger partial charge in [0, 0.05) is 18.2 Å². The number of benzene rings is 2. The highest BCUT2D eigenvalue weighted by atomic mass is 16.5. The first-order valence-electron chi connectivity index (χ1n) is 7.28. The van der Waals surface area contributed by atoms with Crippen LogP contribution < -0.4 is 4.74 Å². The molecule has 20 heavy (non-hydrogen) atoms. The highest BCUT2D eigenvalue weighted by Crippen LogP contribution is 2.48. The molecule has 102 valence electrons. The predicted molar refractivity (Wildman–Crippen MR) is 81.2 cm³/mol. The number of methoxy groups -OCH3 is 1. The molecular weight excluding hydrogens is 246 g/mol. The van der Waals surface area contributed by atoms with Gasteiger partial charge in [0.1, 0.15) is 5.75 Å². The van der Waals surface area contributed by atoms with Gasteiger partial charge >= 0.3 is 0 Å². The average molecular weight is 265 g/mol. The van der Waals surface area contributed by atoms with Gasteiger partial charge in [0.05, 0.1) is 7.11 Å². The Morgan fingerprint density at radius 2 is 1.95 bits per heavy atom. The number of likely N-dealkylation sites (N-methyl/N-ethyl adjacent to an activating group) is 1. The van der Waals surface area contributed by atoms with Crippen LogP contribution in [0.4, 0.5) is 0 Å². The molecule has 2 aliphatic rings. The fourth-order valence-electron chi connectivity index (χ4n) is 3.77. The second-order valence-corrected chi connectivity index (χ2v) is 5.82.